The summed E-state index contributed by atoms with van der Waals surface area (Å²) in [5, 5.41) is 0. The molecule has 1 aliphatic rings. The monoisotopic (exact) mass is 313 g/mol. The van der Waals surface area contributed by atoms with Gasteiger partial charge in [-0.1, -0.05) is 15.9 Å². The van der Waals surface area contributed by atoms with Crippen molar-refractivity contribution in [1.29, 1.82) is 0 Å². The van der Waals surface area contributed by atoms with Gasteiger partial charge in [-0.25, -0.2) is 0 Å². The Morgan fingerprint density at radius 2 is 2.22 bits per heavy atom. The van der Waals surface area contributed by atoms with Crippen LogP contribution in [0.4, 0.5) is 0 Å². The molecule has 1 aliphatic heterocycles. The van der Waals surface area contributed by atoms with E-state index >= 15 is 0 Å². The van der Waals surface area contributed by atoms with Crippen LogP contribution in [-0.2, 0) is 9.47 Å². The average Bonchev–Trinajstić information content (AvgIpc) is 2.40. The van der Waals surface area contributed by atoms with E-state index in [1.807, 2.05) is 29.2 Å². The summed E-state index contributed by atoms with van der Waals surface area (Å²) in [4.78, 5) is 14.2. The lowest BCUT2D eigenvalue weighted by Crippen LogP contribution is -2.50. The summed E-state index contributed by atoms with van der Waals surface area (Å²) in [5.74, 6) is 0.0350. The summed E-state index contributed by atoms with van der Waals surface area (Å²) >= 11 is 3.36. The van der Waals surface area contributed by atoms with Crippen molar-refractivity contribution in [3.05, 3.63) is 34.3 Å². The lowest BCUT2D eigenvalue weighted by Gasteiger charge is -2.35. The standard InChI is InChI=1S/C13H16BrNO3/c1-17-8-12-9-18-7-6-15(12)13(16)10-2-4-11(14)5-3-10/h2-5,12H,6-9H2,1H3. The fraction of sp³-hybridized carbons (Fsp3) is 0.462. The molecular formula is C13H16BrNO3. The van der Waals surface area contributed by atoms with Crippen molar-refractivity contribution >= 4 is 21.8 Å². The number of benzene rings is 1. The lowest BCUT2D eigenvalue weighted by molar-refractivity contribution is -0.0251. The van der Waals surface area contributed by atoms with E-state index in [4.69, 9.17) is 9.47 Å². The molecule has 1 unspecified atom stereocenters. The van der Waals surface area contributed by atoms with Crippen molar-refractivity contribution in [2.24, 2.45) is 0 Å². The van der Waals surface area contributed by atoms with Gasteiger partial charge >= 0.3 is 0 Å². The van der Waals surface area contributed by atoms with Gasteiger partial charge in [-0.05, 0) is 24.3 Å². The van der Waals surface area contributed by atoms with E-state index in [1.165, 1.54) is 0 Å². The zero-order valence-corrected chi connectivity index (χ0v) is 11.9. The highest BCUT2D eigenvalue weighted by Gasteiger charge is 2.27. The van der Waals surface area contributed by atoms with Crippen LogP contribution in [-0.4, -0.2) is 50.3 Å². The Balaban J connectivity index is 2.12. The van der Waals surface area contributed by atoms with Gasteiger partial charge in [-0.3, -0.25) is 4.79 Å². The van der Waals surface area contributed by atoms with Gasteiger partial charge in [0.2, 0.25) is 0 Å². The van der Waals surface area contributed by atoms with E-state index in [2.05, 4.69) is 15.9 Å². The van der Waals surface area contributed by atoms with Crippen LogP contribution in [0.2, 0.25) is 0 Å². The number of ether oxygens (including phenoxy) is 2. The fourth-order valence-corrected chi connectivity index (χ4v) is 2.28. The van der Waals surface area contributed by atoms with Crippen LogP contribution in [0.3, 0.4) is 0 Å². The van der Waals surface area contributed by atoms with Crippen molar-refractivity contribution in [2.45, 2.75) is 6.04 Å². The summed E-state index contributed by atoms with van der Waals surface area (Å²) < 4.78 is 11.5. The Kier molecular flexibility index (Phi) is 4.74. The van der Waals surface area contributed by atoms with E-state index in [0.29, 0.717) is 31.9 Å². The van der Waals surface area contributed by atoms with E-state index < -0.39 is 0 Å². The smallest absolute Gasteiger partial charge is 0.254 e. The van der Waals surface area contributed by atoms with Crippen molar-refractivity contribution < 1.29 is 14.3 Å². The molecule has 1 aromatic rings. The first-order valence-corrected chi connectivity index (χ1v) is 6.65. The van der Waals surface area contributed by atoms with Crippen molar-refractivity contribution in [3.8, 4) is 0 Å². The molecular weight excluding hydrogens is 298 g/mol. The predicted octanol–water partition coefficient (Wildman–Crippen LogP) is 1.94. The number of carbonyl (C=O) groups is 1. The zero-order chi connectivity index (χ0) is 13.0. The summed E-state index contributed by atoms with van der Waals surface area (Å²) in [6.07, 6.45) is 0. The Labute approximate surface area is 115 Å². The van der Waals surface area contributed by atoms with Gasteiger partial charge in [0, 0.05) is 23.7 Å². The van der Waals surface area contributed by atoms with Crippen LogP contribution in [0, 0.1) is 0 Å². The molecule has 1 amide bonds. The molecule has 0 N–H and O–H groups in total. The van der Waals surface area contributed by atoms with Gasteiger partial charge in [0.05, 0.1) is 25.9 Å². The molecule has 2 rings (SSSR count). The largest absolute Gasteiger partial charge is 0.382 e. The number of rotatable bonds is 3. The third-order valence-electron chi connectivity index (χ3n) is 2.94. The summed E-state index contributed by atoms with van der Waals surface area (Å²) in [5.41, 5.74) is 0.696. The Bertz CT molecular complexity index is 405. The quantitative estimate of drug-likeness (QED) is 0.856. The highest BCUT2D eigenvalue weighted by Crippen LogP contribution is 2.15. The summed E-state index contributed by atoms with van der Waals surface area (Å²) in [6.45, 7) is 2.24. The molecule has 4 nitrogen and oxygen atoms in total. The number of morpholine rings is 1. The molecule has 0 aromatic heterocycles. The number of halogens is 1. The van der Waals surface area contributed by atoms with Crippen LogP contribution in [0.5, 0.6) is 0 Å². The maximum atomic E-state index is 12.4. The molecule has 1 heterocycles. The van der Waals surface area contributed by atoms with Crippen LogP contribution >= 0.6 is 15.9 Å². The van der Waals surface area contributed by atoms with Crippen molar-refractivity contribution in [2.75, 3.05) is 33.5 Å². The van der Waals surface area contributed by atoms with Crippen LogP contribution in [0.1, 0.15) is 10.4 Å². The first-order chi connectivity index (χ1) is 8.72. The molecule has 18 heavy (non-hydrogen) atoms. The van der Waals surface area contributed by atoms with Crippen LogP contribution < -0.4 is 0 Å². The van der Waals surface area contributed by atoms with Gasteiger partial charge in [0.25, 0.3) is 5.91 Å². The minimum Gasteiger partial charge on any atom is -0.382 e. The van der Waals surface area contributed by atoms with Gasteiger partial charge in [-0.15, -0.1) is 0 Å². The number of nitrogens with zero attached hydrogens (tertiary/aromatic N) is 1. The molecule has 0 aliphatic carbocycles. The molecule has 1 atom stereocenters. The number of methoxy groups -OCH3 is 1. The Morgan fingerprint density at radius 3 is 2.89 bits per heavy atom. The second-order valence-corrected chi connectivity index (χ2v) is 5.11. The maximum Gasteiger partial charge on any atom is 0.254 e. The lowest BCUT2D eigenvalue weighted by atomic mass is 10.1. The maximum absolute atomic E-state index is 12.4. The molecule has 0 saturated carbocycles. The molecule has 0 radical (unpaired) electrons. The van der Waals surface area contributed by atoms with E-state index in [9.17, 15) is 4.79 Å². The topological polar surface area (TPSA) is 38.8 Å². The molecule has 1 fully saturated rings. The van der Waals surface area contributed by atoms with E-state index in [0.717, 1.165) is 4.47 Å². The zero-order valence-electron chi connectivity index (χ0n) is 10.3. The van der Waals surface area contributed by atoms with Gasteiger partial charge < -0.3 is 14.4 Å². The molecule has 98 valence electrons. The molecule has 0 bridgehead atoms. The highest BCUT2D eigenvalue weighted by molar-refractivity contribution is 9.10. The third-order valence-corrected chi connectivity index (χ3v) is 3.47. The normalized spacial score (nSPS) is 19.9. The minimum atomic E-state index is -0.0000955. The van der Waals surface area contributed by atoms with Gasteiger partial charge in [0.1, 0.15) is 0 Å². The van der Waals surface area contributed by atoms with E-state index in [-0.39, 0.29) is 11.9 Å². The van der Waals surface area contributed by atoms with E-state index in [1.54, 1.807) is 7.11 Å². The average molecular weight is 314 g/mol. The first-order valence-electron chi connectivity index (χ1n) is 5.85. The number of amides is 1. The summed E-state index contributed by atoms with van der Waals surface area (Å²) in [7, 11) is 1.64. The SMILES string of the molecule is COCC1COCCN1C(=O)c1ccc(Br)cc1. The van der Waals surface area contributed by atoms with Crippen LogP contribution in [0.25, 0.3) is 0 Å². The Hall–Kier alpha value is -0.910. The summed E-state index contributed by atoms with van der Waals surface area (Å²) in [6, 6.07) is 7.40. The molecule has 1 aromatic carbocycles. The van der Waals surface area contributed by atoms with Gasteiger partial charge in [0.15, 0.2) is 0 Å². The second-order valence-electron chi connectivity index (χ2n) is 4.19. The predicted molar refractivity (Wildman–Crippen MR) is 71.7 cm³/mol. The Morgan fingerprint density at radius 1 is 1.50 bits per heavy atom. The third kappa shape index (κ3) is 3.10. The number of hydrogen-bond acceptors (Lipinski definition) is 3. The minimum absolute atomic E-state index is 0.0000955. The van der Waals surface area contributed by atoms with Crippen molar-refractivity contribution in [3.63, 3.8) is 0 Å². The highest BCUT2D eigenvalue weighted by atomic mass is 79.9. The van der Waals surface area contributed by atoms with Gasteiger partial charge in [-0.2, -0.15) is 0 Å². The fourth-order valence-electron chi connectivity index (χ4n) is 2.01. The van der Waals surface area contributed by atoms with Crippen molar-refractivity contribution in [1.82, 2.24) is 4.90 Å². The molecule has 0 spiro atoms. The number of carbonyl (C=O) groups excluding carboxylic acids is 1. The molecule has 1 saturated heterocycles. The van der Waals surface area contributed by atoms with Crippen LogP contribution in [0.15, 0.2) is 28.7 Å². The number of hydrogen-bond donors (Lipinski definition) is 0. The molecule has 5 heteroatoms. The second kappa shape index (κ2) is 6.31. The first kappa shape index (κ1) is 13.5.